The first-order valence-electron chi connectivity index (χ1n) is 12.0. The van der Waals surface area contributed by atoms with Crippen LogP contribution in [0, 0.1) is 0 Å². The average molecular weight is 470 g/mol. The number of carbonyl (C=O) groups is 1. The van der Waals surface area contributed by atoms with Crippen molar-refractivity contribution >= 4 is 16.0 Å². The minimum Gasteiger partial charge on any atom is -0.450 e. The first kappa shape index (κ1) is 24.0. The fourth-order valence-corrected chi connectivity index (χ4v) is 7.23. The quantitative estimate of drug-likeness (QED) is 0.511. The molecule has 0 bridgehead atoms. The lowest BCUT2D eigenvalue weighted by Gasteiger charge is -2.38. The number of sulfonamides is 1. The first-order valence-corrected chi connectivity index (χ1v) is 13.4. The number of ether oxygens (including phenoxy) is 1. The van der Waals surface area contributed by atoms with Crippen molar-refractivity contribution in [3.63, 3.8) is 0 Å². The van der Waals surface area contributed by atoms with Gasteiger partial charge < -0.3 is 4.74 Å². The van der Waals surface area contributed by atoms with E-state index in [4.69, 9.17) is 4.74 Å². The second-order valence-electron chi connectivity index (χ2n) is 10.3. The maximum absolute atomic E-state index is 14.1. The Balaban J connectivity index is 1.72. The van der Waals surface area contributed by atoms with Gasteiger partial charge in [0.2, 0.25) is 10.0 Å². The average Bonchev–Trinajstić information content (AvgIpc) is 3.04. The minimum atomic E-state index is -3.70. The SMILES string of the molecule is CC(C)c1cc(C(C)C)c(S(=O)(=O)N2CCC3(CC2)OC(=O)c2ccccc23)c(C(C)C)c1. The van der Waals surface area contributed by atoms with Crippen molar-refractivity contribution in [2.24, 2.45) is 0 Å². The van der Waals surface area contributed by atoms with E-state index in [1.807, 2.05) is 18.2 Å². The molecule has 0 amide bonds. The number of nitrogens with zero attached hydrogens (tertiary/aromatic N) is 1. The van der Waals surface area contributed by atoms with Crippen LogP contribution in [0.2, 0.25) is 0 Å². The van der Waals surface area contributed by atoms with E-state index >= 15 is 0 Å². The molecule has 1 spiro atoms. The van der Waals surface area contributed by atoms with Gasteiger partial charge in [-0.1, -0.05) is 71.9 Å². The highest BCUT2D eigenvalue weighted by atomic mass is 32.2. The van der Waals surface area contributed by atoms with Crippen LogP contribution in [0.5, 0.6) is 0 Å². The van der Waals surface area contributed by atoms with Gasteiger partial charge in [-0.3, -0.25) is 0 Å². The molecule has 0 atom stereocenters. The molecule has 2 aromatic rings. The zero-order chi connectivity index (χ0) is 24.1. The van der Waals surface area contributed by atoms with Crippen LogP contribution < -0.4 is 0 Å². The van der Waals surface area contributed by atoms with Crippen LogP contribution in [0.4, 0.5) is 0 Å². The minimum absolute atomic E-state index is 0.0878. The summed E-state index contributed by atoms with van der Waals surface area (Å²) >= 11 is 0. The predicted molar refractivity (Wildman–Crippen MR) is 130 cm³/mol. The maximum Gasteiger partial charge on any atom is 0.339 e. The van der Waals surface area contributed by atoms with Gasteiger partial charge in [-0.05, 0) is 40.5 Å². The molecule has 4 rings (SSSR count). The monoisotopic (exact) mass is 469 g/mol. The Morgan fingerprint density at radius 3 is 1.94 bits per heavy atom. The molecule has 33 heavy (non-hydrogen) atoms. The molecule has 6 heteroatoms. The maximum atomic E-state index is 14.1. The number of hydrogen-bond acceptors (Lipinski definition) is 4. The molecular formula is C27H35NO4S. The highest BCUT2D eigenvalue weighted by Gasteiger charge is 2.49. The summed E-state index contributed by atoms with van der Waals surface area (Å²) in [7, 11) is -3.70. The van der Waals surface area contributed by atoms with E-state index in [0.29, 0.717) is 42.3 Å². The fourth-order valence-electron chi connectivity index (χ4n) is 5.12. The van der Waals surface area contributed by atoms with Crippen molar-refractivity contribution in [2.45, 2.75) is 82.6 Å². The Kier molecular flexibility index (Phi) is 6.21. The third-order valence-corrected chi connectivity index (χ3v) is 9.17. The fraction of sp³-hybridized carbons (Fsp3) is 0.519. The van der Waals surface area contributed by atoms with E-state index in [0.717, 1.165) is 16.7 Å². The summed E-state index contributed by atoms with van der Waals surface area (Å²) in [6.07, 6.45) is 0.931. The lowest BCUT2D eigenvalue weighted by Crippen LogP contribution is -2.45. The molecule has 0 aromatic heterocycles. The van der Waals surface area contributed by atoms with Gasteiger partial charge in [0.1, 0.15) is 5.60 Å². The second-order valence-corrected chi connectivity index (χ2v) is 12.2. The normalized spacial score (nSPS) is 18.4. The summed E-state index contributed by atoms with van der Waals surface area (Å²) in [5.74, 6) is 0.189. The van der Waals surface area contributed by atoms with E-state index in [-0.39, 0.29) is 17.8 Å². The molecular weight excluding hydrogens is 434 g/mol. The lowest BCUT2D eigenvalue weighted by atomic mass is 9.84. The number of piperidine rings is 1. The lowest BCUT2D eigenvalue weighted by molar-refractivity contribution is -0.0329. The van der Waals surface area contributed by atoms with Gasteiger partial charge in [-0.15, -0.1) is 0 Å². The highest BCUT2D eigenvalue weighted by molar-refractivity contribution is 7.89. The Hall–Kier alpha value is -2.18. The van der Waals surface area contributed by atoms with Crippen LogP contribution in [-0.4, -0.2) is 31.8 Å². The van der Waals surface area contributed by atoms with Crippen LogP contribution in [0.1, 0.15) is 105 Å². The van der Waals surface area contributed by atoms with Crippen molar-refractivity contribution in [3.8, 4) is 0 Å². The smallest absolute Gasteiger partial charge is 0.339 e. The van der Waals surface area contributed by atoms with E-state index in [1.54, 1.807) is 10.4 Å². The van der Waals surface area contributed by atoms with E-state index in [1.165, 1.54) is 5.56 Å². The van der Waals surface area contributed by atoms with Crippen molar-refractivity contribution in [3.05, 3.63) is 64.2 Å². The number of carbonyl (C=O) groups excluding carboxylic acids is 1. The molecule has 1 fully saturated rings. The summed E-state index contributed by atoms with van der Waals surface area (Å²) in [6.45, 7) is 13.2. The molecule has 5 nitrogen and oxygen atoms in total. The van der Waals surface area contributed by atoms with Crippen LogP contribution >= 0.6 is 0 Å². The van der Waals surface area contributed by atoms with E-state index < -0.39 is 15.6 Å². The van der Waals surface area contributed by atoms with Gasteiger partial charge in [-0.2, -0.15) is 4.31 Å². The van der Waals surface area contributed by atoms with Crippen LogP contribution in [0.3, 0.4) is 0 Å². The topological polar surface area (TPSA) is 63.7 Å². The molecule has 0 unspecified atom stereocenters. The number of benzene rings is 2. The summed E-state index contributed by atoms with van der Waals surface area (Å²) in [5.41, 5.74) is 3.73. The first-order chi connectivity index (χ1) is 15.5. The van der Waals surface area contributed by atoms with Crippen LogP contribution in [0.15, 0.2) is 41.3 Å². The molecule has 2 heterocycles. The van der Waals surface area contributed by atoms with Gasteiger partial charge in [0.15, 0.2) is 0 Å². The van der Waals surface area contributed by atoms with Crippen molar-refractivity contribution in [2.75, 3.05) is 13.1 Å². The Morgan fingerprint density at radius 2 is 1.42 bits per heavy atom. The van der Waals surface area contributed by atoms with Crippen LogP contribution in [0.25, 0.3) is 0 Å². The van der Waals surface area contributed by atoms with Gasteiger partial charge in [-0.25, -0.2) is 13.2 Å². The molecule has 2 aliphatic heterocycles. The van der Waals surface area contributed by atoms with Gasteiger partial charge in [0.25, 0.3) is 0 Å². The van der Waals surface area contributed by atoms with Crippen molar-refractivity contribution < 1.29 is 17.9 Å². The molecule has 0 aliphatic carbocycles. The van der Waals surface area contributed by atoms with Crippen molar-refractivity contribution in [1.82, 2.24) is 4.31 Å². The molecule has 0 N–H and O–H groups in total. The second kappa shape index (κ2) is 8.55. The van der Waals surface area contributed by atoms with E-state index in [2.05, 4.69) is 53.7 Å². The molecule has 0 saturated carbocycles. The zero-order valence-corrected chi connectivity index (χ0v) is 21.3. The van der Waals surface area contributed by atoms with Gasteiger partial charge >= 0.3 is 5.97 Å². The Morgan fingerprint density at radius 1 is 0.879 bits per heavy atom. The number of hydrogen-bond donors (Lipinski definition) is 0. The molecule has 1 saturated heterocycles. The third kappa shape index (κ3) is 4.01. The van der Waals surface area contributed by atoms with Crippen LogP contribution in [-0.2, 0) is 20.4 Å². The van der Waals surface area contributed by atoms with E-state index in [9.17, 15) is 13.2 Å². The zero-order valence-electron chi connectivity index (χ0n) is 20.5. The Labute approximate surface area is 198 Å². The standard InChI is InChI=1S/C27H35NO4S/c1-17(2)20-15-22(18(3)4)25(23(16-20)19(5)6)33(30,31)28-13-11-27(12-14-28)24-10-8-7-9-21(24)26(29)32-27/h7-10,15-19H,11-14H2,1-6H3. The molecule has 2 aromatic carbocycles. The third-order valence-electron chi connectivity index (χ3n) is 7.13. The number of fused-ring (bicyclic) bond motifs is 2. The van der Waals surface area contributed by atoms with Crippen molar-refractivity contribution in [1.29, 1.82) is 0 Å². The summed E-state index contributed by atoms with van der Waals surface area (Å²) in [6, 6.07) is 11.6. The van der Waals surface area contributed by atoms with Gasteiger partial charge in [0.05, 0.1) is 10.5 Å². The highest BCUT2D eigenvalue weighted by Crippen LogP contribution is 2.45. The largest absolute Gasteiger partial charge is 0.450 e. The summed E-state index contributed by atoms with van der Waals surface area (Å²) < 4.78 is 35.5. The summed E-state index contributed by atoms with van der Waals surface area (Å²) in [5, 5.41) is 0. The molecule has 0 radical (unpaired) electrons. The molecule has 2 aliphatic rings. The predicted octanol–water partition coefficient (Wildman–Crippen LogP) is 5.91. The number of rotatable bonds is 5. The summed E-state index contributed by atoms with van der Waals surface area (Å²) in [4.78, 5) is 12.9. The number of esters is 1. The van der Waals surface area contributed by atoms with Gasteiger partial charge in [0, 0.05) is 31.5 Å². The Bertz CT molecular complexity index is 1140. The molecule has 178 valence electrons.